The molecule has 0 fully saturated rings. The molecule has 0 saturated carbocycles. The Hall–Kier alpha value is -3.41. The third-order valence-electron chi connectivity index (χ3n) is 4.22. The Balaban J connectivity index is 1.78. The number of terminal acetylenes is 1. The fraction of sp³-hybridized carbons (Fsp3) is 0.263. The zero-order valence-electron chi connectivity index (χ0n) is 15.1. The lowest BCUT2D eigenvalue weighted by Crippen LogP contribution is -2.14. The van der Waals surface area contributed by atoms with E-state index in [4.69, 9.17) is 6.42 Å². The Bertz CT molecular complexity index is 1100. The van der Waals surface area contributed by atoms with Crippen molar-refractivity contribution in [3.8, 4) is 12.3 Å². The van der Waals surface area contributed by atoms with E-state index in [0.29, 0.717) is 34.6 Å². The predicted octanol–water partition coefficient (Wildman–Crippen LogP) is 3.31. The van der Waals surface area contributed by atoms with Crippen LogP contribution in [0.25, 0.3) is 5.78 Å². The van der Waals surface area contributed by atoms with E-state index in [1.165, 1.54) is 0 Å². The molecule has 0 radical (unpaired) electrons. The van der Waals surface area contributed by atoms with E-state index < -0.39 is 12.0 Å². The Morgan fingerprint density at radius 2 is 2.04 bits per heavy atom. The largest absolute Gasteiger partial charge is 0.453 e. The van der Waals surface area contributed by atoms with Crippen LogP contribution in [-0.4, -0.2) is 25.5 Å². The minimum atomic E-state index is -4.65. The van der Waals surface area contributed by atoms with Crippen LogP contribution in [0.4, 0.5) is 18.9 Å². The van der Waals surface area contributed by atoms with Crippen molar-refractivity contribution in [2.45, 2.75) is 32.9 Å². The highest BCUT2D eigenvalue weighted by molar-refractivity contribution is 5.91. The Labute approximate surface area is 158 Å². The molecule has 0 aliphatic carbocycles. The molecule has 0 saturated heterocycles. The van der Waals surface area contributed by atoms with Crippen molar-refractivity contribution < 1.29 is 18.0 Å². The van der Waals surface area contributed by atoms with Gasteiger partial charge in [0, 0.05) is 29.1 Å². The minimum absolute atomic E-state index is 0.121. The molecule has 0 atom stereocenters. The van der Waals surface area contributed by atoms with Crippen LogP contribution >= 0.6 is 0 Å². The zero-order chi connectivity index (χ0) is 20.5. The minimum Gasteiger partial charge on any atom is -0.326 e. The summed E-state index contributed by atoms with van der Waals surface area (Å²) in [7, 11) is 0. The normalized spacial score (nSPS) is 11.4. The van der Waals surface area contributed by atoms with Crippen LogP contribution in [-0.2, 0) is 17.4 Å². The third kappa shape index (κ3) is 3.96. The molecule has 0 unspecified atom stereocenters. The number of aromatic nitrogens is 4. The summed E-state index contributed by atoms with van der Waals surface area (Å²) < 4.78 is 39.6. The van der Waals surface area contributed by atoms with Gasteiger partial charge < -0.3 is 5.32 Å². The standard InChI is InChI=1S/C19H16F3N5O/c1-4-13-6-5-7-14(10-13)24-16(28)9-8-15-11(2)23-18-25-17(19(20,21)22)26-27(18)12(15)3/h1,5-7,10H,8-9H2,2-3H3,(H,24,28). The van der Waals surface area contributed by atoms with Crippen molar-refractivity contribution in [3.05, 3.63) is 52.6 Å². The maximum absolute atomic E-state index is 12.8. The second kappa shape index (κ2) is 7.31. The van der Waals surface area contributed by atoms with E-state index in [1.54, 1.807) is 38.1 Å². The van der Waals surface area contributed by atoms with E-state index in [2.05, 4.69) is 26.3 Å². The van der Waals surface area contributed by atoms with Gasteiger partial charge in [0.05, 0.1) is 0 Å². The maximum atomic E-state index is 12.8. The summed E-state index contributed by atoms with van der Waals surface area (Å²) in [6, 6.07) is 6.88. The van der Waals surface area contributed by atoms with Gasteiger partial charge in [-0.3, -0.25) is 4.79 Å². The summed E-state index contributed by atoms with van der Waals surface area (Å²) in [5, 5.41) is 6.25. The summed E-state index contributed by atoms with van der Waals surface area (Å²) in [5.74, 6) is 0.872. The number of hydrogen-bond donors (Lipinski definition) is 1. The first-order chi connectivity index (χ1) is 13.2. The Morgan fingerprint density at radius 3 is 2.71 bits per heavy atom. The molecule has 0 aliphatic heterocycles. The van der Waals surface area contributed by atoms with Crippen molar-refractivity contribution >= 4 is 17.4 Å². The molecule has 2 heterocycles. The first kappa shape index (κ1) is 19.4. The number of hydrogen-bond acceptors (Lipinski definition) is 4. The lowest BCUT2D eigenvalue weighted by atomic mass is 10.1. The number of aryl methyl sites for hydroxylation is 2. The van der Waals surface area contributed by atoms with Gasteiger partial charge in [0.2, 0.25) is 5.91 Å². The Morgan fingerprint density at radius 1 is 1.29 bits per heavy atom. The highest BCUT2D eigenvalue weighted by atomic mass is 19.4. The maximum Gasteiger partial charge on any atom is 0.453 e. The molecule has 0 spiro atoms. The highest BCUT2D eigenvalue weighted by Crippen LogP contribution is 2.27. The molecule has 3 aromatic rings. The topological polar surface area (TPSA) is 72.2 Å². The van der Waals surface area contributed by atoms with Gasteiger partial charge in [-0.25, -0.2) is 9.50 Å². The number of nitrogens with one attached hydrogen (secondary N) is 1. The lowest BCUT2D eigenvalue weighted by molar-refractivity contribution is -0.144. The summed E-state index contributed by atoms with van der Waals surface area (Å²) in [5.41, 5.74) is 2.85. The molecule has 144 valence electrons. The summed E-state index contributed by atoms with van der Waals surface area (Å²) in [6.07, 6.45) is 1.10. The molecule has 1 N–H and O–H groups in total. The smallest absolute Gasteiger partial charge is 0.326 e. The SMILES string of the molecule is C#Cc1cccc(NC(=O)CCc2c(C)nc3nc(C(F)(F)F)nn3c2C)c1. The van der Waals surface area contributed by atoms with E-state index >= 15 is 0 Å². The molecule has 6 nitrogen and oxygen atoms in total. The molecular formula is C19H16F3N5O. The van der Waals surface area contributed by atoms with Crippen molar-refractivity contribution in [3.63, 3.8) is 0 Å². The van der Waals surface area contributed by atoms with Gasteiger partial charge in [0.1, 0.15) is 0 Å². The van der Waals surface area contributed by atoms with Gasteiger partial charge in [-0.1, -0.05) is 12.0 Å². The fourth-order valence-corrected chi connectivity index (χ4v) is 2.84. The lowest BCUT2D eigenvalue weighted by Gasteiger charge is -2.10. The molecule has 1 amide bonds. The first-order valence-corrected chi connectivity index (χ1v) is 8.35. The van der Waals surface area contributed by atoms with Crippen molar-refractivity contribution in [1.29, 1.82) is 0 Å². The number of rotatable bonds is 4. The summed E-state index contributed by atoms with van der Waals surface area (Å²) >= 11 is 0. The molecule has 3 rings (SSSR count). The molecule has 1 aromatic carbocycles. The zero-order valence-corrected chi connectivity index (χ0v) is 15.1. The number of nitrogens with zero attached hydrogens (tertiary/aromatic N) is 4. The number of anilines is 1. The molecule has 0 aliphatic rings. The van der Waals surface area contributed by atoms with Crippen LogP contribution in [0.5, 0.6) is 0 Å². The van der Waals surface area contributed by atoms with Gasteiger partial charge in [-0.15, -0.1) is 11.5 Å². The number of carbonyl (C=O) groups excluding carboxylic acids is 1. The number of benzene rings is 1. The highest BCUT2D eigenvalue weighted by Gasteiger charge is 2.36. The van der Waals surface area contributed by atoms with Crippen molar-refractivity contribution in [2.75, 3.05) is 5.32 Å². The van der Waals surface area contributed by atoms with E-state index in [9.17, 15) is 18.0 Å². The molecule has 2 aromatic heterocycles. The third-order valence-corrected chi connectivity index (χ3v) is 4.22. The number of carbonyl (C=O) groups is 1. The van der Waals surface area contributed by atoms with Crippen LogP contribution in [0.3, 0.4) is 0 Å². The fourth-order valence-electron chi connectivity index (χ4n) is 2.84. The number of amides is 1. The Kier molecular flexibility index (Phi) is 5.05. The molecule has 0 bridgehead atoms. The summed E-state index contributed by atoms with van der Waals surface area (Å²) in [6.45, 7) is 3.29. The van der Waals surface area contributed by atoms with Gasteiger partial charge in [-0.05, 0) is 44.0 Å². The van der Waals surface area contributed by atoms with Crippen LogP contribution in [0, 0.1) is 26.2 Å². The van der Waals surface area contributed by atoms with E-state index in [0.717, 1.165) is 4.52 Å². The second-order valence-electron chi connectivity index (χ2n) is 6.18. The number of alkyl halides is 3. The monoisotopic (exact) mass is 387 g/mol. The number of fused-ring (bicyclic) bond motifs is 1. The van der Waals surface area contributed by atoms with Crippen LogP contribution in [0.1, 0.15) is 34.8 Å². The van der Waals surface area contributed by atoms with Crippen molar-refractivity contribution in [2.24, 2.45) is 0 Å². The molecule has 9 heteroatoms. The predicted molar refractivity (Wildman–Crippen MR) is 96.6 cm³/mol. The molecular weight excluding hydrogens is 371 g/mol. The van der Waals surface area contributed by atoms with Crippen LogP contribution in [0.15, 0.2) is 24.3 Å². The first-order valence-electron chi connectivity index (χ1n) is 8.35. The molecule has 28 heavy (non-hydrogen) atoms. The van der Waals surface area contributed by atoms with E-state index in [-0.39, 0.29) is 18.1 Å². The van der Waals surface area contributed by atoms with Gasteiger partial charge >= 0.3 is 6.18 Å². The second-order valence-corrected chi connectivity index (χ2v) is 6.18. The summed E-state index contributed by atoms with van der Waals surface area (Å²) in [4.78, 5) is 19.8. The van der Waals surface area contributed by atoms with Crippen LogP contribution in [0.2, 0.25) is 0 Å². The van der Waals surface area contributed by atoms with Crippen LogP contribution < -0.4 is 5.32 Å². The van der Waals surface area contributed by atoms with Gasteiger partial charge in [0.15, 0.2) is 0 Å². The average Bonchev–Trinajstić information content (AvgIpc) is 3.06. The van der Waals surface area contributed by atoms with E-state index in [1.807, 2.05) is 0 Å². The van der Waals surface area contributed by atoms with Gasteiger partial charge in [-0.2, -0.15) is 18.2 Å². The van der Waals surface area contributed by atoms with Gasteiger partial charge in [0.25, 0.3) is 11.6 Å². The quantitative estimate of drug-likeness (QED) is 0.697. The number of halogens is 3. The average molecular weight is 387 g/mol. The van der Waals surface area contributed by atoms with Crippen molar-refractivity contribution in [1.82, 2.24) is 19.6 Å².